The van der Waals surface area contributed by atoms with Crippen molar-refractivity contribution in [2.24, 2.45) is 0 Å². The highest BCUT2D eigenvalue weighted by Crippen LogP contribution is 2.42. The molecule has 2 aromatic carbocycles. The van der Waals surface area contributed by atoms with Gasteiger partial charge in [0.1, 0.15) is 17.2 Å². The van der Waals surface area contributed by atoms with E-state index in [-0.39, 0.29) is 5.82 Å². The summed E-state index contributed by atoms with van der Waals surface area (Å²) in [6.45, 7) is 2.04. The van der Waals surface area contributed by atoms with E-state index in [4.69, 9.17) is 4.74 Å². The lowest BCUT2D eigenvalue weighted by Gasteiger charge is -2.40. The van der Waals surface area contributed by atoms with Gasteiger partial charge in [-0.25, -0.2) is 4.39 Å². The summed E-state index contributed by atoms with van der Waals surface area (Å²) in [5, 5.41) is 10.4. The second-order valence-electron chi connectivity index (χ2n) is 5.70. The minimum Gasteiger partial charge on any atom is -0.486 e. The molecule has 0 bridgehead atoms. The molecule has 1 aliphatic heterocycles. The van der Waals surface area contributed by atoms with Crippen LogP contribution in [0.5, 0.6) is 5.75 Å². The molecule has 0 radical (unpaired) electrons. The van der Waals surface area contributed by atoms with Crippen LogP contribution in [0.1, 0.15) is 37.0 Å². The van der Waals surface area contributed by atoms with Gasteiger partial charge in [-0.2, -0.15) is 0 Å². The van der Waals surface area contributed by atoms with Gasteiger partial charge in [0.2, 0.25) is 0 Å². The number of fused-ring (bicyclic) bond motifs is 1. The highest BCUT2D eigenvalue weighted by Gasteiger charge is 2.39. The minimum atomic E-state index is -0.613. The van der Waals surface area contributed by atoms with Crippen molar-refractivity contribution in [2.45, 2.75) is 37.9 Å². The Morgan fingerprint density at radius 1 is 1.24 bits per heavy atom. The lowest BCUT2D eigenvalue weighted by Crippen LogP contribution is -2.42. The lowest BCUT2D eigenvalue weighted by atomic mass is 9.82. The van der Waals surface area contributed by atoms with Gasteiger partial charge in [0.25, 0.3) is 0 Å². The van der Waals surface area contributed by atoms with Crippen LogP contribution in [0.15, 0.2) is 48.5 Å². The summed E-state index contributed by atoms with van der Waals surface area (Å²) in [5.74, 6) is 0.124. The second kappa shape index (κ2) is 5.49. The molecule has 110 valence electrons. The number of aliphatic hydroxyl groups is 1. The molecule has 3 heteroatoms. The van der Waals surface area contributed by atoms with Crippen molar-refractivity contribution in [3.8, 4) is 5.75 Å². The SMILES string of the molecule is CCC1(Cc2ccccc2)C[C@H](O)c2ccc(F)cc2O1. The number of hydrogen-bond acceptors (Lipinski definition) is 2. The van der Waals surface area contributed by atoms with E-state index in [1.807, 2.05) is 37.3 Å². The topological polar surface area (TPSA) is 29.5 Å². The van der Waals surface area contributed by atoms with Gasteiger partial charge in [-0.3, -0.25) is 0 Å². The zero-order valence-corrected chi connectivity index (χ0v) is 12.1. The molecule has 0 amide bonds. The molecule has 3 rings (SSSR count). The summed E-state index contributed by atoms with van der Waals surface area (Å²) in [4.78, 5) is 0. The highest BCUT2D eigenvalue weighted by molar-refractivity contribution is 5.39. The molecule has 2 nitrogen and oxygen atoms in total. The highest BCUT2D eigenvalue weighted by atomic mass is 19.1. The molecule has 0 saturated carbocycles. The Kier molecular flexibility index (Phi) is 3.68. The van der Waals surface area contributed by atoms with E-state index in [9.17, 15) is 9.50 Å². The van der Waals surface area contributed by atoms with Gasteiger partial charge < -0.3 is 9.84 Å². The molecule has 2 atom stereocenters. The van der Waals surface area contributed by atoms with Crippen molar-refractivity contribution < 1.29 is 14.2 Å². The monoisotopic (exact) mass is 286 g/mol. The lowest BCUT2D eigenvalue weighted by molar-refractivity contribution is -0.0170. The predicted octanol–water partition coefficient (Wildman–Crippen LogP) is 4.03. The molecule has 1 unspecified atom stereocenters. The second-order valence-corrected chi connectivity index (χ2v) is 5.70. The van der Waals surface area contributed by atoms with Crippen LogP contribution >= 0.6 is 0 Å². The number of aliphatic hydroxyl groups excluding tert-OH is 1. The fourth-order valence-corrected chi connectivity index (χ4v) is 3.03. The van der Waals surface area contributed by atoms with Crippen molar-refractivity contribution in [1.29, 1.82) is 0 Å². The fraction of sp³-hybridized carbons (Fsp3) is 0.333. The maximum absolute atomic E-state index is 13.4. The van der Waals surface area contributed by atoms with Crippen LogP contribution in [-0.4, -0.2) is 10.7 Å². The maximum Gasteiger partial charge on any atom is 0.128 e. The average molecular weight is 286 g/mol. The summed E-state index contributed by atoms with van der Waals surface area (Å²) in [6, 6.07) is 14.4. The quantitative estimate of drug-likeness (QED) is 0.923. The van der Waals surface area contributed by atoms with Crippen LogP contribution in [0.4, 0.5) is 4.39 Å². The molecule has 1 N–H and O–H groups in total. The third-order valence-corrected chi connectivity index (χ3v) is 4.24. The summed E-state index contributed by atoms with van der Waals surface area (Å²) in [5.41, 5.74) is 1.35. The smallest absolute Gasteiger partial charge is 0.128 e. The van der Waals surface area contributed by atoms with Crippen molar-refractivity contribution in [1.82, 2.24) is 0 Å². The van der Waals surface area contributed by atoms with E-state index in [0.717, 1.165) is 12.0 Å². The Balaban J connectivity index is 1.94. The number of ether oxygens (including phenoxy) is 1. The Hall–Kier alpha value is -1.87. The molecule has 2 aromatic rings. The van der Waals surface area contributed by atoms with E-state index in [2.05, 4.69) is 0 Å². The maximum atomic E-state index is 13.4. The third-order valence-electron chi connectivity index (χ3n) is 4.24. The molecule has 1 aliphatic rings. The molecular formula is C18H19FO2. The van der Waals surface area contributed by atoms with Crippen molar-refractivity contribution in [3.05, 3.63) is 65.5 Å². The van der Waals surface area contributed by atoms with E-state index in [1.54, 1.807) is 6.07 Å². The van der Waals surface area contributed by atoms with E-state index >= 15 is 0 Å². The Bertz CT molecular complexity index is 626. The predicted molar refractivity (Wildman–Crippen MR) is 79.8 cm³/mol. The molecule has 0 saturated heterocycles. The molecular weight excluding hydrogens is 267 g/mol. The molecule has 0 aromatic heterocycles. The largest absolute Gasteiger partial charge is 0.486 e. The standard InChI is InChI=1S/C18H19FO2/c1-2-18(11-13-6-4-3-5-7-13)12-16(20)15-9-8-14(19)10-17(15)21-18/h3-10,16,20H,2,11-12H2,1H3/t16-,18?/m0/s1. The van der Waals surface area contributed by atoms with Gasteiger partial charge in [-0.1, -0.05) is 37.3 Å². The Morgan fingerprint density at radius 3 is 2.71 bits per heavy atom. The number of rotatable bonds is 3. The first-order chi connectivity index (χ1) is 10.1. The molecule has 1 heterocycles. The van der Waals surface area contributed by atoms with Gasteiger partial charge >= 0.3 is 0 Å². The summed E-state index contributed by atoms with van der Waals surface area (Å²) >= 11 is 0. The van der Waals surface area contributed by atoms with E-state index < -0.39 is 11.7 Å². The van der Waals surface area contributed by atoms with Crippen LogP contribution in [0.25, 0.3) is 0 Å². The zero-order valence-electron chi connectivity index (χ0n) is 12.1. The first-order valence-electron chi connectivity index (χ1n) is 7.32. The van der Waals surface area contributed by atoms with Crippen LogP contribution in [-0.2, 0) is 6.42 Å². The van der Waals surface area contributed by atoms with Crippen molar-refractivity contribution in [2.75, 3.05) is 0 Å². The summed E-state index contributed by atoms with van der Waals surface area (Å²) in [7, 11) is 0. The van der Waals surface area contributed by atoms with Crippen molar-refractivity contribution in [3.63, 3.8) is 0 Å². The molecule has 21 heavy (non-hydrogen) atoms. The minimum absolute atomic E-state index is 0.340. The summed E-state index contributed by atoms with van der Waals surface area (Å²) < 4.78 is 19.6. The van der Waals surface area contributed by atoms with E-state index in [0.29, 0.717) is 24.2 Å². The van der Waals surface area contributed by atoms with Crippen LogP contribution in [0.2, 0.25) is 0 Å². The van der Waals surface area contributed by atoms with Crippen LogP contribution in [0, 0.1) is 5.82 Å². The number of hydrogen-bond donors (Lipinski definition) is 1. The normalized spacial score (nSPS) is 24.2. The molecule has 0 fully saturated rings. The van der Waals surface area contributed by atoms with Crippen molar-refractivity contribution >= 4 is 0 Å². The van der Waals surface area contributed by atoms with Gasteiger partial charge in [-0.15, -0.1) is 0 Å². The van der Waals surface area contributed by atoms with Gasteiger partial charge in [0, 0.05) is 24.5 Å². The Morgan fingerprint density at radius 2 is 2.00 bits per heavy atom. The number of benzene rings is 2. The fourth-order valence-electron chi connectivity index (χ4n) is 3.03. The van der Waals surface area contributed by atoms with Gasteiger partial charge in [0.15, 0.2) is 0 Å². The third kappa shape index (κ3) is 2.79. The van der Waals surface area contributed by atoms with Gasteiger partial charge in [-0.05, 0) is 24.1 Å². The van der Waals surface area contributed by atoms with Crippen LogP contribution in [0.3, 0.4) is 0 Å². The van der Waals surface area contributed by atoms with E-state index in [1.165, 1.54) is 12.1 Å². The molecule has 0 aliphatic carbocycles. The van der Waals surface area contributed by atoms with Crippen LogP contribution < -0.4 is 4.74 Å². The first kappa shape index (κ1) is 14.1. The molecule has 0 spiro atoms. The number of halogens is 1. The van der Waals surface area contributed by atoms with Gasteiger partial charge in [0.05, 0.1) is 6.10 Å². The summed E-state index contributed by atoms with van der Waals surface area (Å²) in [6.07, 6.45) is 1.38. The first-order valence-corrected chi connectivity index (χ1v) is 7.32. The zero-order chi connectivity index (χ0) is 14.9. The Labute approximate surface area is 124 Å². The average Bonchev–Trinajstić information content (AvgIpc) is 2.47.